The van der Waals surface area contributed by atoms with Crippen LogP contribution in [0.2, 0.25) is 0 Å². The van der Waals surface area contributed by atoms with Gasteiger partial charge in [-0.3, -0.25) is 4.55 Å². The molecule has 1 rings (SSSR count). The predicted molar refractivity (Wildman–Crippen MR) is 89.1 cm³/mol. The van der Waals surface area contributed by atoms with Crippen molar-refractivity contribution < 1.29 is 42.4 Å². The molecule has 0 aromatic carbocycles. The van der Waals surface area contributed by atoms with E-state index in [1.54, 1.807) is 0 Å². The lowest BCUT2D eigenvalue weighted by molar-refractivity contribution is -0.205. The third kappa shape index (κ3) is 7.01. The summed E-state index contributed by atoms with van der Waals surface area (Å²) in [6, 6.07) is 0. The number of oxime groups is 1. The van der Waals surface area contributed by atoms with Crippen molar-refractivity contribution in [2.75, 3.05) is 12.4 Å². The van der Waals surface area contributed by atoms with Gasteiger partial charge >= 0.3 is 10.4 Å². The quantitative estimate of drug-likeness (QED) is 0.0715. The molecule has 0 bridgehead atoms. The average molecular weight is 407 g/mol. The lowest BCUT2D eigenvalue weighted by atomic mass is 10.0. The first-order chi connectivity index (χ1) is 11.2. The first-order valence-corrected chi connectivity index (χ1v) is 9.88. The largest absolute Gasteiger partial charge is 0.466 e. The Balaban J connectivity index is 2.82. The summed E-state index contributed by atoms with van der Waals surface area (Å²) < 4.78 is 39.1. The van der Waals surface area contributed by atoms with Crippen molar-refractivity contribution in [1.29, 1.82) is 0 Å². The summed E-state index contributed by atoms with van der Waals surface area (Å²) in [6.07, 6.45) is -4.15. The first-order valence-electron chi connectivity index (χ1n) is 7.00. The summed E-state index contributed by atoms with van der Waals surface area (Å²) in [7, 11) is -4.79. The van der Waals surface area contributed by atoms with Gasteiger partial charge in [0.1, 0.15) is 34.9 Å². The van der Waals surface area contributed by atoms with Gasteiger partial charge in [0, 0.05) is 0 Å². The highest BCUT2D eigenvalue weighted by Gasteiger charge is 2.44. The van der Waals surface area contributed by atoms with Crippen LogP contribution in [-0.2, 0) is 19.4 Å². The minimum atomic E-state index is -4.79. The second-order valence-corrected chi connectivity index (χ2v) is 7.61. The zero-order chi connectivity index (χ0) is 18.3. The van der Waals surface area contributed by atoms with E-state index in [0.717, 1.165) is 11.8 Å². The number of unbranched alkanes of at least 4 members (excludes halogenated alkanes) is 1. The number of ether oxygens (including phenoxy) is 1. The van der Waals surface area contributed by atoms with Crippen molar-refractivity contribution in [3.8, 4) is 0 Å². The number of thiol groups is 1. The third-order valence-electron chi connectivity index (χ3n) is 3.13. The molecular weight excluding hydrogens is 386 g/mol. The Bertz CT molecular complexity index is 513. The maximum absolute atomic E-state index is 10.6. The van der Waals surface area contributed by atoms with E-state index in [9.17, 15) is 23.7 Å². The zero-order valence-corrected chi connectivity index (χ0v) is 15.0. The van der Waals surface area contributed by atoms with Gasteiger partial charge in [0.2, 0.25) is 0 Å². The molecule has 5 atom stereocenters. The minimum absolute atomic E-state index is 0.0822. The van der Waals surface area contributed by atoms with E-state index in [0.29, 0.717) is 18.6 Å². The van der Waals surface area contributed by atoms with Crippen LogP contribution in [0.3, 0.4) is 0 Å². The van der Waals surface area contributed by atoms with Crippen LogP contribution in [0.5, 0.6) is 0 Å². The Morgan fingerprint density at radius 1 is 1.21 bits per heavy atom. The fourth-order valence-corrected chi connectivity index (χ4v) is 3.47. The monoisotopic (exact) mass is 407 g/mol. The summed E-state index contributed by atoms with van der Waals surface area (Å²) in [4.78, 5) is 0. The molecule has 24 heavy (non-hydrogen) atoms. The summed E-state index contributed by atoms with van der Waals surface area (Å²) in [6.45, 7) is -0.588. The van der Waals surface area contributed by atoms with Gasteiger partial charge < -0.3 is 25.2 Å². The van der Waals surface area contributed by atoms with E-state index in [2.05, 4.69) is 22.1 Å². The highest BCUT2D eigenvalue weighted by molar-refractivity contribution is 8.14. The van der Waals surface area contributed by atoms with Gasteiger partial charge in [-0.2, -0.15) is 21.0 Å². The van der Waals surface area contributed by atoms with Gasteiger partial charge in [-0.05, 0) is 25.0 Å². The van der Waals surface area contributed by atoms with Crippen molar-refractivity contribution in [1.82, 2.24) is 0 Å². The van der Waals surface area contributed by atoms with Crippen molar-refractivity contribution in [2.45, 2.75) is 49.1 Å². The zero-order valence-electron chi connectivity index (χ0n) is 12.5. The Morgan fingerprint density at radius 2 is 1.88 bits per heavy atom. The summed E-state index contributed by atoms with van der Waals surface area (Å²) in [5.41, 5.74) is -1.12. The third-order valence-corrected chi connectivity index (χ3v) is 4.88. The van der Waals surface area contributed by atoms with E-state index < -0.39 is 46.9 Å². The summed E-state index contributed by atoms with van der Waals surface area (Å²) >= 11 is 4.81. The summed E-state index contributed by atoms with van der Waals surface area (Å²) in [5, 5.41) is 41.9. The molecule has 10 nitrogen and oxygen atoms in total. The number of thioether (sulfide) groups is 1. The SMILES string of the molecule is O=S(=O)(O)O/N=C(\CCCCS)S[C@@H]1O[C@H](CO)[C@@H](O)[C@H](O)[C@H]1O. The smallest absolute Gasteiger partial charge is 0.394 e. The van der Waals surface area contributed by atoms with Crippen LogP contribution in [0.25, 0.3) is 0 Å². The van der Waals surface area contributed by atoms with Crippen molar-refractivity contribution in [2.24, 2.45) is 5.16 Å². The molecule has 0 unspecified atom stereocenters. The Hall–Kier alpha value is -0.120. The molecule has 0 radical (unpaired) electrons. The van der Waals surface area contributed by atoms with Gasteiger partial charge in [-0.15, -0.1) is 0 Å². The van der Waals surface area contributed by atoms with E-state index in [4.69, 9.17) is 14.4 Å². The van der Waals surface area contributed by atoms with Crippen molar-refractivity contribution in [3.05, 3.63) is 0 Å². The lowest BCUT2D eigenvalue weighted by Gasteiger charge is -2.39. The normalized spacial score (nSPS) is 31.9. The van der Waals surface area contributed by atoms with Crippen LogP contribution < -0.4 is 0 Å². The second-order valence-electron chi connectivity index (χ2n) is 4.98. The minimum Gasteiger partial charge on any atom is -0.394 e. The predicted octanol–water partition coefficient (Wildman–Crippen LogP) is -1.25. The van der Waals surface area contributed by atoms with Crippen LogP contribution in [0, 0.1) is 0 Å². The Labute approximate surface area is 149 Å². The molecule has 1 fully saturated rings. The fraction of sp³-hybridized carbons (Fsp3) is 0.909. The molecule has 5 N–H and O–H groups in total. The maximum atomic E-state index is 10.6. The molecule has 0 saturated carbocycles. The Morgan fingerprint density at radius 3 is 2.42 bits per heavy atom. The molecule has 1 heterocycles. The van der Waals surface area contributed by atoms with Crippen LogP contribution in [-0.4, -0.2) is 80.7 Å². The molecule has 0 aromatic rings. The molecule has 142 valence electrons. The second kappa shape index (κ2) is 10.1. The summed E-state index contributed by atoms with van der Waals surface area (Å²) in [5.74, 6) is 0.594. The molecule has 13 heteroatoms. The highest BCUT2D eigenvalue weighted by Crippen LogP contribution is 2.30. The van der Waals surface area contributed by atoms with E-state index in [1.807, 2.05) is 0 Å². The topological polar surface area (TPSA) is 166 Å². The lowest BCUT2D eigenvalue weighted by Crippen LogP contribution is -2.57. The molecule has 0 aromatic heterocycles. The number of nitrogens with zero attached hydrogens (tertiary/aromatic N) is 1. The highest BCUT2D eigenvalue weighted by atomic mass is 32.3. The molecular formula is C11H21NO9S3. The number of rotatable bonds is 8. The van der Waals surface area contributed by atoms with Gasteiger partial charge in [0.25, 0.3) is 0 Å². The number of hydrogen-bond acceptors (Lipinski definition) is 11. The van der Waals surface area contributed by atoms with Crippen molar-refractivity contribution in [3.63, 3.8) is 0 Å². The number of aliphatic hydroxyl groups is 4. The molecule has 0 amide bonds. The first kappa shape index (κ1) is 21.9. The van der Waals surface area contributed by atoms with Crippen LogP contribution in [0.1, 0.15) is 19.3 Å². The molecule has 1 aliphatic heterocycles. The Kier molecular flexibility index (Phi) is 9.25. The van der Waals surface area contributed by atoms with Gasteiger partial charge in [-0.1, -0.05) is 16.9 Å². The number of hydrogen-bond donors (Lipinski definition) is 6. The standard InChI is InChI=1S/C11H21NO9S3/c13-5-6-8(14)9(15)10(16)11(20-6)23-7(3-1-2-4-22)12-21-24(17,18)19/h6,8-11,13-16,22H,1-5H2,(H,17,18,19)/b12-7+/t6-,8-,9+,10-,11+/m1/s1. The van der Waals surface area contributed by atoms with Crippen LogP contribution >= 0.6 is 24.4 Å². The number of aliphatic hydroxyl groups excluding tert-OH is 4. The van der Waals surface area contributed by atoms with Crippen molar-refractivity contribution >= 4 is 39.8 Å². The van der Waals surface area contributed by atoms with Crippen LogP contribution in [0.4, 0.5) is 0 Å². The molecule has 0 spiro atoms. The van der Waals surface area contributed by atoms with Crippen LogP contribution in [0.15, 0.2) is 5.16 Å². The van der Waals surface area contributed by atoms with E-state index >= 15 is 0 Å². The van der Waals surface area contributed by atoms with Gasteiger partial charge in [0.05, 0.1) is 6.61 Å². The molecule has 0 aliphatic carbocycles. The van der Waals surface area contributed by atoms with E-state index in [1.165, 1.54) is 0 Å². The maximum Gasteiger partial charge on any atom is 0.466 e. The van der Waals surface area contributed by atoms with Gasteiger partial charge in [0.15, 0.2) is 0 Å². The molecule has 1 saturated heterocycles. The van der Waals surface area contributed by atoms with Gasteiger partial charge in [-0.25, -0.2) is 4.28 Å². The molecule has 1 aliphatic rings. The fourth-order valence-electron chi connectivity index (χ4n) is 1.90. The average Bonchev–Trinajstić information content (AvgIpc) is 2.52. The van der Waals surface area contributed by atoms with E-state index in [-0.39, 0.29) is 11.5 Å².